The zero-order valence-electron chi connectivity index (χ0n) is 12.9. The number of unbranched alkanes of at least 4 members (excludes halogenated alkanes) is 11. The van der Waals surface area contributed by atoms with Crippen molar-refractivity contribution in [2.45, 2.75) is 84.0 Å². The van der Waals surface area contributed by atoms with Crippen LogP contribution in [0.25, 0.3) is 0 Å². The van der Waals surface area contributed by atoms with Crippen molar-refractivity contribution in [1.82, 2.24) is 0 Å². The molecule has 3 heteroatoms. The lowest BCUT2D eigenvalue weighted by Gasteiger charge is -2.05. The molecule has 0 spiro atoms. The van der Waals surface area contributed by atoms with Crippen LogP contribution >= 0.6 is 24.0 Å². The van der Waals surface area contributed by atoms with Crippen molar-refractivity contribution in [3.8, 4) is 0 Å². The standard InChI is InChI=1S/C16H32OS2/c1-3-4-5-6-7-8-9-10-11-12-13-14-15-17-16(18)19-2/h3-15H2,1-2H3. The van der Waals surface area contributed by atoms with Crippen LogP contribution in [0, 0.1) is 0 Å². The van der Waals surface area contributed by atoms with Gasteiger partial charge in [-0.25, -0.2) is 0 Å². The molecule has 114 valence electrons. The average Bonchev–Trinajstić information content (AvgIpc) is 2.43. The fourth-order valence-electron chi connectivity index (χ4n) is 2.16. The summed E-state index contributed by atoms with van der Waals surface area (Å²) >= 11 is 6.50. The third-order valence-electron chi connectivity index (χ3n) is 3.38. The Morgan fingerprint density at radius 2 is 1.21 bits per heavy atom. The van der Waals surface area contributed by atoms with E-state index in [0.717, 1.165) is 13.0 Å². The first-order valence-electron chi connectivity index (χ1n) is 8.02. The van der Waals surface area contributed by atoms with Gasteiger partial charge in [-0.3, -0.25) is 0 Å². The Labute approximate surface area is 130 Å². The number of thiocarbonyl (C=S) groups is 1. The lowest BCUT2D eigenvalue weighted by atomic mass is 10.1. The molecule has 0 aliphatic heterocycles. The lowest BCUT2D eigenvalue weighted by Crippen LogP contribution is -1.98. The molecule has 0 fully saturated rings. The summed E-state index contributed by atoms with van der Waals surface area (Å²) in [5.74, 6) is 0. The Hall–Kier alpha value is 0.240. The van der Waals surface area contributed by atoms with E-state index in [1.54, 1.807) is 0 Å². The van der Waals surface area contributed by atoms with Crippen LogP contribution in [-0.4, -0.2) is 17.2 Å². The van der Waals surface area contributed by atoms with Crippen molar-refractivity contribution in [3.63, 3.8) is 0 Å². The van der Waals surface area contributed by atoms with Crippen molar-refractivity contribution in [1.29, 1.82) is 0 Å². The Morgan fingerprint density at radius 3 is 1.63 bits per heavy atom. The normalized spacial score (nSPS) is 10.6. The first-order chi connectivity index (χ1) is 9.31. The third-order valence-corrected chi connectivity index (χ3v) is 4.45. The monoisotopic (exact) mass is 304 g/mol. The molecule has 0 radical (unpaired) electrons. The molecule has 0 saturated heterocycles. The van der Waals surface area contributed by atoms with Gasteiger partial charge in [-0.1, -0.05) is 89.3 Å². The highest BCUT2D eigenvalue weighted by Gasteiger charge is 1.95. The van der Waals surface area contributed by atoms with Crippen LogP contribution in [0.5, 0.6) is 0 Å². The SMILES string of the molecule is CCCCCCCCCCCCCCOC(=S)SC. The summed E-state index contributed by atoms with van der Waals surface area (Å²) in [4.78, 5) is 0. The molecular weight excluding hydrogens is 272 g/mol. The van der Waals surface area contributed by atoms with Crippen LogP contribution in [0.15, 0.2) is 0 Å². The van der Waals surface area contributed by atoms with Gasteiger partial charge in [-0.2, -0.15) is 0 Å². The van der Waals surface area contributed by atoms with Gasteiger partial charge in [0.15, 0.2) is 0 Å². The lowest BCUT2D eigenvalue weighted by molar-refractivity contribution is 0.308. The zero-order chi connectivity index (χ0) is 14.2. The third kappa shape index (κ3) is 16.2. The summed E-state index contributed by atoms with van der Waals surface area (Å²) < 4.78 is 6.06. The highest BCUT2D eigenvalue weighted by Crippen LogP contribution is 2.12. The Balaban J connectivity index is 2.97. The van der Waals surface area contributed by atoms with Crippen LogP contribution in [0.2, 0.25) is 0 Å². The highest BCUT2D eigenvalue weighted by atomic mass is 32.2. The van der Waals surface area contributed by atoms with E-state index < -0.39 is 0 Å². The Morgan fingerprint density at radius 1 is 0.789 bits per heavy atom. The van der Waals surface area contributed by atoms with Crippen LogP contribution in [0.1, 0.15) is 84.0 Å². The first-order valence-corrected chi connectivity index (χ1v) is 9.65. The van der Waals surface area contributed by atoms with Gasteiger partial charge >= 0.3 is 0 Å². The van der Waals surface area contributed by atoms with E-state index in [9.17, 15) is 0 Å². The van der Waals surface area contributed by atoms with Gasteiger partial charge in [0.25, 0.3) is 0 Å². The number of thioether (sulfide) groups is 1. The van der Waals surface area contributed by atoms with Crippen LogP contribution in [-0.2, 0) is 4.74 Å². The minimum atomic E-state index is 0.683. The van der Waals surface area contributed by atoms with E-state index in [1.165, 1.54) is 82.4 Å². The van der Waals surface area contributed by atoms with Crippen molar-refractivity contribution >= 4 is 28.4 Å². The molecule has 0 aromatic heterocycles. The number of ether oxygens (including phenoxy) is 1. The smallest absolute Gasteiger partial charge is 0.219 e. The summed E-state index contributed by atoms with van der Waals surface area (Å²) in [7, 11) is 0. The van der Waals surface area contributed by atoms with Gasteiger partial charge in [-0.05, 0) is 24.9 Å². The summed E-state index contributed by atoms with van der Waals surface area (Å²) in [6.45, 7) is 3.08. The Bertz CT molecular complexity index is 195. The van der Waals surface area contributed by atoms with Gasteiger partial charge < -0.3 is 4.74 Å². The van der Waals surface area contributed by atoms with Crippen molar-refractivity contribution < 1.29 is 4.74 Å². The van der Waals surface area contributed by atoms with Crippen molar-refractivity contribution in [3.05, 3.63) is 0 Å². The minimum Gasteiger partial charge on any atom is -0.479 e. The summed E-state index contributed by atoms with van der Waals surface area (Å²) in [6.07, 6.45) is 18.5. The summed E-state index contributed by atoms with van der Waals surface area (Å²) in [6, 6.07) is 0. The largest absolute Gasteiger partial charge is 0.479 e. The molecule has 0 aromatic carbocycles. The second-order valence-electron chi connectivity index (χ2n) is 5.19. The molecule has 0 unspecified atom stereocenters. The van der Waals surface area contributed by atoms with Gasteiger partial charge in [0.1, 0.15) is 0 Å². The van der Waals surface area contributed by atoms with Gasteiger partial charge in [0.05, 0.1) is 6.61 Å². The second-order valence-corrected chi connectivity index (χ2v) is 6.60. The van der Waals surface area contributed by atoms with Gasteiger partial charge in [0.2, 0.25) is 4.38 Å². The molecule has 0 rings (SSSR count). The quantitative estimate of drug-likeness (QED) is 0.290. The molecule has 0 aliphatic rings. The molecule has 0 aromatic rings. The summed E-state index contributed by atoms with van der Waals surface area (Å²) in [5.41, 5.74) is 0. The average molecular weight is 305 g/mol. The predicted molar refractivity (Wildman–Crippen MR) is 93.1 cm³/mol. The Kier molecular flexibility index (Phi) is 16.5. The second kappa shape index (κ2) is 16.3. The molecule has 1 nitrogen and oxygen atoms in total. The first kappa shape index (κ1) is 19.2. The molecule has 0 N–H and O–H groups in total. The molecule has 0 aliphatic carbocycles. The zero-order valence-corrected chi connectivity index (χ0v) is 14.6. The maximum absolute atomic E-state index is 5.38. The van der Waals surface area contributed by atoms with E-state index in [0.29, 0.717) is 4.38 Å². The molecule has 0 amide bonds. The fraction of sp³-hybridized carbons (Fsp3) is 0.938. The van der Waals surface area contributed by atoms with Crippen LogP contribution in [0.4, 0.5) is 0 Å². The minimum absolute atomic E-state index is 0.683. The maximum Gasteiger partial charge on any atom is 0.219 e. The molecule has 0 atom stereocenters. The molecule has 0 heterocycles. The molecule has 19 heavy (non-hydrogen) atoms. The fourth-order valence-corrected chi connectivity index (χ4v) is 2.44. The van der Waals surface area contributed by atoms with Crippen LogP contribution < -0.4 is 0 Å². The topological polar surface area (TPSA) is 9.23 Å². The number of rotatable bonds is 13. The van der Waals surface area contributed by atoms with E-state index in [2.05, 4.69) is 6.92 Å². The van der Waals surface area contributed by atoms with E-state index in [1.807, 2.05) is 6.26 Å². The summed E-state index contributed by atoms with van der Waals surface area (Å²) in [5, 5.41) is 0. The van der Waals surface area contributed by atoms with E-state index >= 15 is 0 Å². The number of hydrogen-bond acceptors (Lipinski definition) is 3. The van der Waals surface area contributed by atoms with Gasteiger partial charge in [0, 0.05) is 0 Å². The highest BCUT2D eigenvalue weighted by molar-refractivity contribution is 8.22. The number of hydrogen-bond donors (Lipinski definition) is 0. The predicted octanol–water partition coefficient (Wildman–Crippen LogP) is 6.35. The van der Waals surface area contributed by atoms with E-state index in [4.69, 9.17) is 17.0 Å². The van der Waals surface area contributed by atoms with Crippen molar-refractivity contribution in [2.24, 2.45) is 0 Å². The maximum atomic E-state index is 5.38. The van der Waals surface area contributed by atoms with Gasteiger partial charge in [-0.15, -0.1) is 0 Å². The van der Waals surface area contributed by atoms with E-state index in [-0.39, 0.29) is 0 Å². The molecule has 0 saturated carbocycles. The van der Waals surface area contributed by atoms with Crippen LogP contribution in [0.3, 0.4) is 0 Å². The van der Waals surface area contributed by atoms with Crippen molar-refractivity contribution in [2.75, 3.05) is 12.9 Å². The molecule has 0 bridgehead atoms. The molecular formula is C16H32OS2.